The van der Waals surface area contributed by atoms with Gasteiger partial charge in [-0.05, 0) is 31.0 Å². The Morgan fingerprint density at radius 2 is 2.17 bits per heavy atom. The molecule has 1 aromatic rings. The van der Waals surface area contributed by atoms with Crippen LogP contribution in [0.5, 0.6) is 5.75 Å². The summed E-state index contributed by atoms with van der Waals surface area (Å²) in [5.74, 6) is 0.130. The zero-order chi connectivity index (χ0) is 13.0. The minimum absolute atomic E-state index is 0.161. The highest BCUT2D eigenvalue weighted by atomic mass is 35.5. The summed E-state index contributed by atoms with van der Waals surface area (Å²) < 4.78 is 18.4. The molecule has 0 unspecified atom stereocenters. The fourth-order valence-corrected chi connectivity index (χ4v) is 2.13. The lowest BCUT2D eigenvalue weighted by atomic mass is 10.3. The van der Waals surface area contributed by atoms with Crippen molar-refractivity contribution in [3.8, 4) is 5.75 Å². The quantitative estimate of drug-likeness (QED) is 0.828. The number of halogens is 2. The Morgan fingerprint density at radius 3 is 2.78 bits per heavy atom. The molecule has 1 N–H and O–H groups in total. The Kier molecular flexibility index (Phi) is 4.80. The van der Waals surface area contributed by atoms with Crippen molar-refractivity contribution in [1.82, 2.24) is 4.90 Å². The van der Waals surface area contributed by atoms with Gasteiger partial charge in [0.2, 0.25) is 0 Å². The first-order chi connectivity index (χ1) is 8.70. The molecule has 2 rings (SSSR count). The van der Waals surface area contributed by atoms with Crippen LogP contribution in [0, 0.1) is 5.82 Å². The second-order valence-electron chi connectivity index (χ2n) is 4.41. The Balaban J connectivity index is 1.79. The minimum Gasteiger partial charge on any atom is -0.491 e. The molecule has 1 aliphatic carbocycles. The van der Waals surface area contributed by atoms with Crippen LogP contribution in [0.25, 0.3) is 0 Å². The van der Waals surface area contributed by atoms with Gasteiger partial charge in [0.25, 0.3) is 0 Å². The van der Waals surface area contributed by atoms with E-state index in [1.165, 1.54) is 31.0 Å². The number of hydrogen-bond acceptors (Lipinski definition) is 3. The van der Waals surface area contributed by atoms with Crippen LogP contribution in [-0.2, 0) is 0 Å². The van der Waals surface area contributed by atoms with E-state index >= 15 is 0 Å². The molecule has 3 nitrogen and oxygen atoms in total. The second-order valence-corrected chi connectivity index (χ2v) is 4.82. The van der Waals surface area contributed by atoms with Gasteiger partial charge >= 0.3 is 0 Å². The Labute approximate surface area is 111 Å². The van der Waals surface area contributed by atoms with Gasteiger partial charge in [-0.2, -0.15) is 0 Å². The summed E-state index contributed by atoms with van der Waals surface area (Å²) in [5, 5.41) is 9.25. The monoisotopic (exact) mass is 273 g/mol. The van der Waals surface area contributed by atoms with E-state index in [9.17, 15) is 4.39 Å². The molecule has 1 aliphatic rings. The maximum Gasteiger partial charge on any atom is 0.138 e. The van der Waals surface area contributed by atoms with Crippen LogP contribution >= 0.6 is 11.6 Å². The third-order valence-corrected chi connectivity index (χ3v) is 3.28. The number of ether oxygens (including phenoxy) is 1. The number of aliphatic hydroxyl groups excluding tert-OH is 1. The highest BCUT2D eigenvalue weighted by Gasteiger charge is 2.28. The molecule has 100 valence electrons. The summed E-state index contributed by atoms with van der Waals surface area (Å²) in [6, 6.07) is 4.69. The molecule has 0 aromatic heterocycles. The smallest absolute Gasteiger partial charge is 0.138 e. The molecule has 0 spiro atoms. The van der Waals surface area contributed by atoms with Crippen LogP contribution in [0.2, 0.25) is 5.02 Å². The summed E-state index contributed by atoms with van der Waals surface area (Å²) in [6.45, 7) is 2.07. The van der Waals surface area contributed by atoms with Crippen molar-refractivity contribution in [3.05, 3.63) is 29.0 Å². The van der Waals surface area contributed by atoms with Gasteiger partial charge in [-0.3, -0.25) is 4.90 Å². The van der Waals surface area contributed by atoms with Gasteiger partial charge in [-0.15, -0.1) is 0 Å². The van der Waals surface area contributed by atoms with Crippen molar-refractivity contribution in [2.24, 2.45) is 0 Å². The number of nitrogens with zero attached hydrogens (tertiary/aromatic N) is 1. The third-order valence-electron chi connectivity index (χ3n) is 2.98. The summed E-state index contributed by atoms with van der Waals surface area (Å²) in [6.07, 6.45) is 2.38. The van der Waals surface area contributed by atoms with Crippen molar-refractivity contribution in [2.75, 3.05) is 26.3 Å². The molecule has 0 amide bonds. The Morgan fingerprint density at radius 1 is 1.39 bits per heavy atom. The summed E-state index contributed by atoms with van der Waals surface area (Å²) in [5.41, 5.74) is 0. The zero-order valence-electron chi connectivity index (χ0n) is 10.1. The first-order valence-electron chi connectivity index (χ1n) is 6.13. The largest absolute Gasteiger partial charge is 0.491 e. The molecular weight excluding hydrogens is 257 g/mol. The molecule has 1 saturated carbocycles. The van der Waals surface area contributed by atoms with Crippen LogP contribution in [0.4, 0.5) is 4.39 Å². The van der Waals surface area contributed by atoms with Gasteiger partial charge in [0.1, 0.15) is 18.2 Å². The van der Waals surface area contributed by atoms with Crippen molar-refractivity contribution in [1.29, 1.82) is 0 Å². The molecule has 0 atom stereocenters. The average Bonchev–Trinajstić information content (AvgIpc) is 3.15. The van der Waals surface area contributed by atoms with Crippen molar-refractivity contribution in [2.45, 2.75) is 18.9 Å². The van der Waals surface area contributed by atoms with Gasteiger partial charge in [-0.1, -0.05) is 11.6 Å². The highest BCUT2D eigenvalue weighted by molar-refractivity contribution is 6.32. The second kappa shape index (κ2) is 6.36. The van der Waals surface area contributed by atoms with Gasteiger partial charge < -0.3 is 9.84 Å². The van der Waals surface area contributed by atoms with E-state index in [0.29, 0.717) is 24.9 Å². The van der Waals surface area contributed by atoms with Crippen LogP contribution in [0.15, 0.2) is 18.2 Å². The van der Waals surface area contributed by atoms with E-state index in [0.717, 1.165) is 6.54 Å². The normalized spacial score (nSPS) is 15.1. The SMILES string of the molecule is OCCN(CCOc1ccc(F)cc1Cl)C1CC1. The predicted octanol–water partition coefficient (Wildman–Crippen LogP) is 2.31. The van der Waals surface area contributed by atoms with Gasteiger partial charge in [0.15, 0.2) is 0 Å². The molecule has 5 heteroatoms. The van der Waals surface area contributed by atoms with Crippen LogP contribution < -0.4 is 4.74 Å². The molecular formula is C13H17ClFNO2. The molecule has 0 bridgehead atoms. The molecule has 0 radical (unpaired) electrons. The maximum absolute atomic E-state index is 12.8. The molecule has 0 saturated heterocycles. The van der Waals surface area contributed by atoms with Crippen LogP contribution in [-0.4, -0.2) is 42.4 Å². The summed E-state index contributed by atoms with van der Waals surface area (Å²) >= 11 is 5.86. The lowest BCUT2D eigenvalue weighted by Gasteiger charge is -2.20. The first-order valence-corrected chi connectivity index (χ1v) is 6.51. The molecule has 0 heterocycles. The number of benzene rings is 1. The molecule has 0 aliphatic heterocycles. The summed E-state index contributed by atoms with van der Waals surface area (Å²) in [7, 11) is 0. The number of hydrogen-bond donors (Lipinski definition) is 1. The van der Waals surface area contributed by atoms with Gasteiger partial charge in [0.05, 0.1) is 11.6 Å². The number of aliphatic hydroxyl groups is 1. The fraction of sp³-hybridized carbons (Fsp3) is 0.538. The van der Waals surface area contributed by atoms with Crippen molar-refractivity contribution in [3.63, 3.8) is 0 Å². The Bertz CT molecular complexity index is 399. The van der Waals surface area contributed by atoms with Crippen molar-refractivity contribution < 1.29 is 14.2 Å². The van der Waals surface area contributed by atoms with E-state index < -0.39 is 0 Å². The fourth-order valence-electron chi connectivity index (χ4n) is 1.91. The van der Waals surface area contributed by atoms with Crippen LogP contribution in [0.3, 0.4) is 0 Å². The summed E-state index contributed by atoms with van der Waals surface area (Å²) in [4.78, 5) is 2.21. The van der Waals surface area contributed by atoms with E-state index in [4.69, 9.17) is 21.4 Å². The molecule has 18 heavy (non-hydrogen) atoms. The molecule has 1 fully saturated rings. The average molecular weight is 274 g/mol. The van der Waals surface area contributed by atoms with E-state index in [2.05, 4.69) is 4.90 Å². The van der Waals surface area contributed by atoms with E-state index in [-0.39, 0.29) is 17.4 Å². The van der Waals surface area contributed by atoms with Gasteiger partial charge in [-0.25, -0.2) is 4.39 Å². The van der Waals surface area contributed by atoms with E-state index in [1.54, 1.807) is 0 Å². The zero-order valence-corrected chi connectivity index (χ0v) is 10.9. The van der Waals surface area contributed by atoms with Crippen LogP contribution in [0.1, 0.15) is 12.8 Å². The Hall–Kier alpha value is -0.840. The minimum atomic E-state index is -0.368. The van der Waals surface area contributed by atoms with E-state index in [1.807, 2.05) is 0 Å². The highest BCUT2D eigenvalue weighted by Crippen LogP contribution is 2.27. The lowest BCUT2D eigenvalue weighted by Crippen LogP contribution is -2.33. The third kappa shape index (κ3) is 3.83. The topological polar surface area (TPSA) is 32.7 Å². The lowest BCUT2D eigenvalue weighted by molar-refractivity contribution is 0.162. The van der Waals surface area contributed by atoms with Gasteiger partial charge in [0, 0.05) is 19.1 Å². The van der Waals surface area contributed by atoms with Crippen molar-refractivity contribution >= 4 is 11.6 Å². The first kappa shape index (κ1) is 13.6. The predicted molar refractivity (Wildman–Crippen MR) is 68.6 cm³/mol. The standard InChI is InChI=1S/C13H17ClFNO2/c14-12-9-10(15)1-4-13(12)18-8-6-16(5-7-17)11-2-3-11/h1,4,9,11,17H,2-3,5-8H2. The maximum atomic E-state index is 12.8. The number of rotatable bonds is 7. The molecule has 1 aromatic carbocycles.